The van der Waals surface area contributed by atoms with Crippen molar-refractivity contribution in [2.45, 2.75) is 6.92 Å². The lowest BCUT2D eigenvalue weighted by molar-refractivity contribution is 0.0524. The number of rotatable bonds is 5. The van der Waals surface area contributed by atoms with Crippen LogP contribution in [0.4, 0.5) is 0 Å². The maximum absolute atomic E-state index is 12.3. The number of esters is 2. The molecule has 2 aromatic rings. The lowest BCUT2D eigenvalue weighted by atomic mass is 10.2. The van der Waals surface area contributed by atoms with Gasteiger partial charge < -0.3 is 14.2 Å². The molecule has 6 heteroatoms. The van der Waals surface area contributed by atoms with Crippen LogP contribution in [0.1, 0.15) is 27.6 Å². The molecule has 5 nitrogen and oxygen atoms in total. The second kappa shape index (κ2) is 7.78. The number of hydrogen-bond donors (Lipinski definition) is 0. The summed E-state index contributed by atoms with van der Waals surface area (Å²) < 4.78 is 16.1. The zero-order valence-electron chi connectivity index (χ0n) is 12.7. The van der Waals surface area contributed by atoms with Crippen molar-refractivity contribution in [2.75, 3.05) is 13.7 Å². The minimum absolute atomic E-state index is 0.252. The Morgan fingerprint density at radius 1 is 1.09 bits per heavy atom. The monoisotopic (exact) mass is 378 g/mol. The van der Waals surface area contributed by atoms with E-state index in [1.54, 1.807) is 43.3 Å². The average Bonchev–Trinajstić information content (AvgIpc) is 2.55. The molecule has 0 saturated heterocycles. The zero-order chi connectivity index (χ0) is 16.8. The van der Waals surface area contributed by atoms with Crippen LogP contribution in [0.2, 0.25) is 0 Å². The summed E-state index contributed by atoms with van der Waals surface area (Å²) in [4.78, 5) is 24.0. The van der Waals surface area contributed by atoms with E-state index in [2.05, 4.69) is 15.9 Å². The van der Waals surface area contributed by atoms with Gasteiger partial charge in [-0.3, -0.25) is 0 Å². The highest BCUT2D eigenvalue weighted by atomic mass is 79.9. The molecular formula is C17H15BrO5. The molecule has 0 radical (unpaired) electrons. The highest BCUT2D eigenvalue weighted by molar-refractivity contribution is 9.10. The van der Waals surface area contributed by atoms with Crippen LogP contribution in [0.5, 0.6) is 11.5 Å². The lowest BCUT2D eigenvalue weighted by Gasteiger charge is -2.09. The second-order valence-corrected chi connectivity index (χ2v) is 5.40. The molecule has 0 aliphatic carbocycles. The predicted molar refractivity (Wildman–Crippen MR) is 88.1 cm³/mol. The number of carbonyl (C=O) groups excluding carboxylic acids is 2. The van der Waals surface area contributed by atoms with Crippen LogP contribution >= 0.6 is 15.9 Å². The Bertz CT molecular complexity index is 727. The van der Waals surface area contributed by atoms with E-state index in [9.17, 15) is 9.59 Å². The van der Waals surface area contributed by atoms with Gasteiger partial charge in [0.15, 0.2) is 0 Å². The van der Waals surface area contributed by atoms with Crippen molar-refractivity contribution in [3.05, 3.63) is 58.1 Å². The van der Waals surface area contributed by atoms with Crippen molar-refractivity contribution in [3.8, 4) is 11.5 Å². The summed E-state index contributed by atoms with van der Waals surface area (Å²) in [6.07, 6.45) is 0. The second-order valence-electron chi connectivity index (χ2n) is 4.48. The van der Waals surface area contributed by atoms with Gasteiger partial charge in [-0.2, -0.15) is 0 Å². The maximum Gasteiger partial charge on any atom is 0.347 e. The number of benzene rings is 2. The molecular weight excluding hydrogens is 364 g/mol. The van der Waals surface area contributed by atoms with Crippen LogP contribution in [-0.2, 0) is 4.74 Å². The van der Waals surface area contributed by atoms with E-state index in [0.717, 1.165) is 4.47 Å². The van der Waals surface area contributed by atoms with E-state index in [0.29, 0.717) is 11.3 Å². The molecule has 0 saturated carbocycles. The number of ether oxygens (including phenoxy) is 3. The van der Waals surface area contributed by atoms with Gasteiger partial charge in [-0.1, -0.05) is 22.0 Å². The molecule has 0 aromatic heterocycles. The van der Waals surface area contributed by atoms with Gasteiger partial charge in [-0.05, 0) is 43.3 Å². The van der Waals surface area contributed by atoms with E-state index in [1.165, 1.54) is 13.2 Å². The van der Waals surface area contributed by atoms with Gasteiger partial charge in [0.25, 0.3) is 0 Å². The summed E-state index contributed by atoms with van der Waals surface area (Å²) in [5.74, 6) is -0.392. The Labute approximate surface area is 142 Å². The first-order valence-electron chi connectivity index (χ1n) is 6.88. The van der Waals surface area contributed by atoms with Crippen LogP contribution < -0.4 is 9.47 Å². The number of hydrogen-bond acceptors (Lipinski definition) is 5. The third-order valence-electron chi connectivity index (χ3n) is 2.94. The molecule has 0 fully saturated rings. The molecule has 0 amide bonds. The summed E-state index contributed by atoms with van der Waals surface area (Å²) >= 11 is 3.30. The third kappa shape index (κ3) is 4.32. The Morgan fingerprint density at radius 2 is 1.87 bits per heavy atom. The van der Waals surface area contributed by atoms with Crippen LogP contribution in [0, 0.1) is 0 Å². The van der Waals surface area contributed by atoms with Gasteiger partial charge in [0.1, 0.15) is 17.1 Å². The van der Waals surface area contributed by atoms with Gasteiger partial charge >= 0.3 is 11.9 Å². The Hall–Kier alpha value is -2.34. The molecule has 0 N–H and O–H groups in total. The third-order valence-corrected chi connectivity index (χ3v) is 3.43. The fourth-order valence-electron chi connectivity index (χ4n) is 1.90. The zero-order valence-corrected chi connectivity index (χ0v) is 14.3. The van der Waals surface area contributed by atoms with Crippen LogP contribution in [0.3, 0.4) is 0 Å². The molecule has 120 valence electrons. The summed E-state index contributed by atoms with van der Waals surface area (Å²) in [7, 11) is 1.47. The summed E-state index contributed by atoms with van der Waals surface area (Å²) in [6, 6.07) is 11.3. The topological polar surface area (TPSA) is 61.8 Å². The molecule has 0 unspecified atom stereocenters. The first-order chi connectivity index (χ1) is 11.0. The molecule has 0 spiro atoms. The lowest BCUT2D eigenvalue weighted by Crippen LogP contribution is -2.11. The smallest absolute Gasteiger partial charge is 0.347 e. The normalized spacial score (nSPS) is 10.0. The minimum Gasteiger partial charge on any atom is -0.496 e. The van der Waals surface area contributed by atoms with E-state index < -0.39 is 11.9 Å². The Balaban J connectivity index is 2.22. The summed E-state index contributed by atoms with van der Waals surface area (Å²) in [5, 5.41) is 0. The van der Waals surface area contributed by atoms with Crippen molar-refractivity contribution in [1.29, 1.82) is 0 Å². The molecule has 0 bridgehead atoms. The van der Waals surface area contributed by atoms with Crippen LogP contribution in [0.15, 0.2) is 46.9 Å². The van der Waals surface area contributed by atoms with Crippen LogP contribution in [-0.4, -0.2) is 25.7 Å². The largest absolute Gasteiger partial charge is 0.496 e. The highest BCUT2D eigenvalue weighted by Gasteiger charge is 2.16. The van der Waals surface area contributed by atoms with Gasteiger partial charge in [0.2, 0.25) is 0 Å². The molecule has 2 rings (SSSR count). The number of methoxy groups -OCH3 is 1. The molecule has 0 atom stereocenters. The number of carbonyl (C=O) groups is 2. The van der Waals surface area contributed by atoms with Gasteiger partial charge in [-0.25, -0.2) is 9.59 Å². The quantitative estimate of drug-likeness (QED) is 0.583. The minimum atomic E-state index is -0.579. The SMILES string of the molecule is CCOC(=O)c1cccc(OC(=O)c2cc(Br)ccc2OC)c1. The summed E-state index contributed by atoms with van der Waals surface area (Å²) in [5.41, 5.74) is 0.599. The van der Waals surface area contributed by atoms with Gasteiger partial charge in [-0.15, -0.1) is 0 Å². The maximum atomic E-state index is 12.3. The molecule has 0 heterocycles. The van der Waals surface area contributed by atoms with E-state index >= 15 is 0 Å². The summed E-state index contributed by atoms with van der Waals surface area (Å²) in [6.45, 7) is 2.00. The first-order valence-corrected chi connectivity index (χ1v) is 7.67. The van der Waals surface area contributed by atoms with Crippen molar-refractivity contribution in [3.63, 3.8) is 0 Å². The van der Waals surface area contributed by atoms with Crippen molar-refractivity contribution in [2.24, 2.45) is 0 Å². The fraction of sp³-hybridized carbons (Fsp3) is 0.176. The molecule has 0 aliphatic rings. The Morgan fingerprint density at radius 3 is 2.57 bits per heavy atom. The molecule has 2 aromatic carbocycles. The van der Waals surface area contributed by atoms with E-state index in [1.807, 2.05) is 0 Å². The molecule has 0 aliphatic heterocycles. The van der Waals surface area contributed by atoms with E-state index in [4.69, 9.17) is 14.2 Å². The average molecular weight is 379 g/mol. The highest BCUT2D eigenvalue weighted by Crippen LogP contribution is 2.25. The van der Waals surface area contributed by atoms with Crippen molar-refractivity contribution >= 4 is 27.9 Å². The fourth-order valence-corrected chi connectivity index (χ4v) is 2.26. The standard InChI is InChI=1S/C17H15BrO5/c1-3-22-16(19)11-5-4-6-13(9-11)23-17(20)14-10-12(18)7-8-15(14)21-2/h4-10H,3H2,1-2H3. The van der Waals surface area contributed by atoms with Crippen molar-refractivity contribution < 1.29 is 23.8 Å². The van der Waals surface area contributed by atoms with Crippen LogP contribution in [0.25, 0.3) is 0 Å². The first kappa shape index (κ1) is 17.0. The Kier molecular flexibility index (Phi) is 5.76. The van der Waals surface area contributed by atoms with Crippen molar-refractivity contribution in [1.82, 2.24) is 0 Å². The van der Waals surface area contributed by atoms with Gasteiger partial charge in [0.05, 0.1) is 19.3 Å². The predicted octanol–water partition coefficient (Wildman–Crippen LogP) is 3.85. The number of halogens is 1. The molecule has 23 heavy (non-hydrogen) atoms. The van der Waals surface area contributed by atoms with Gasteiger partial charge in [0, 0.05) is 4.47 Å². The van der Waals surface area contributed by atoms with E-state index in [-0.39, 0.29) is 17.9 Å².